The number of hydrogen-bond donors (Lipinski definition) is 0. The van der Waals surface area contributed by atoms with Crippen molar-refractivity contribution in [3.05, 3.63) is 11.4 Å². The van der Waals surface area contributed by atoms with Gasteiger partial charge in [-0.25, -0.2) is 4.68 Å². The first kappa shape index (κ1) is 10.9. The number of nitrogens with zero attached hydrogens (tertiary/aromatic N) is 4. The van der Waals surface area contributed by atoms with Gasteiger partial charge < -0.3 is 0 Å². The summed E-state index contributed by atoms with van der Waals surface area (Å²) >= 11 is 0. The Balaban J connectivity index is 2.28. The molecule has 7 heteroatoms. The molecule has 1 aromatic heterocycles. The first-order chi connectivity index (χ1) is 7.51. The van der Waals surface area contributed by atoms with Crippen molar-refractivity contribution in [2.24, 2.45) is 0 Å². The first-order valence-electron chi connectivity index (χ1n) is 4.87. The Hall–Kier alpha value is -1.58. The highest BCUT2D eigenvalue weighted by atomic mass is 19.4. The minimum atomic E-state index is -4.30. The molecule has 0 unspecified atom stereocenters. The van der Waals surface area contributed by atoms with Gasteiger partial charge in [0.25, 0.3) is 0 Å². The molecule has 0 radical (unpaired) electrons. The molecule has 1 saturated carbocycles. The fraction of sp³-hybridized carbons (Fsp3) is 0.667. The van der Waals surface area contributed by atoms with Crippen molar-refractivity contribution >= 4 is 0 Å². The second kappa shape index (κ2) is 3.77. The predicted molar refractivity (Wildman–Crippen MR) is 47.4 cm³/mol. The molecule has 2 rings (SSSR count). The molecule has 1 aliphatic rings. The highest BCUT2D eigenvalue weighted by Crippen LogP contribution is 2.41. The lowest BCUT2D eigenvalue weighted by atomic mass is 10.2. The van der Waals surface area contributed by atoms with Crippen LogP contribution >= 0.6 is 0 Å². The molecular weight excluding hydrogens is 221 g/mol. The fourth-order valence-corrected chi connectivity index (χ4v) is 1.65. The van der Waals surface area contributed by atoms with Gasteiger partial charge >= 0.3 is 6.18 Å². The molecule has 0 amide bonds. The Labute approximate surface area is 89.7 Å². The third-order valence-corrected chi connectivity index (χ3v) is 2.39. The van der Waals surface area contributed by atoms with Gasteiger partial charge in [0.05, 0.1) is 18.2 Å². The van der Waals surface area contributed by atoms with Crippen LogP contribution in [0.4, 0.5) is 13.2 Å². The summed E-state index contributed by atoms with van der Waals surface area (Å²) in [6, 6.07) is 1.89. The molecule has 1 aliphatic carbocycles. The van der Waals surface area contributed by atoms with E-state index in [-0.39, 0.29) is 12.3 Å². The van der Waals surface area contributed by atoms with Crippen LogP contribution in [-0.4, -0.2) is 21.2 Å². The van der Waals surface area contributed by atoms with E-state index in [1.54, 1.807) is 0 Å². The molecular formula is C9H9F3N4. The monoisotopic (exact) mass is 230 g/mol. The van der Waals surface area contributed by atoms with E-state index in [4.69, 9.17) is 5.26 Å². The van der Waals surface area contributed by atoms with E-state index < -0.39 is 12.7 Å². The minimum absolute atomic E-state index is 0.0176. The summed E-state index contributed by atoms with van der Waals surface area (Å²) in [5, 5.41) is 15.7. The summed E-state index contributed by atoms with van der Waals surface area (Å²) in [6.45, 7) is -1.13. The van der Waals surface area contributed by atoms with Gasteiger partial charge in [-0.05, 0) is 12.8 Å². The van der Waals surface area contributed by atoms with Gasteiger partial charge in [-0.2, -0.15) is 18.4 Å². The van der Waals surface area contributed by atoms with Crippen molar-refractivity contribution < 1.29 is 13.2 Å². The zero-order valence-electron chi connectivity index (χ0n) is 8.33. The third-order valence-electron chi connectivity index (χ3n) is 2.39. The molecule has 0 spiro atoms. The summed E-state index contributed by atoms with van der Waals surface area (Å²) in [5.41, 5.74) is 0.869. The molecule has 86 valence electrons. The normalized spacial score (nSPS) is 16.1. The zero-order chi connectivity index (χ0) is 11.8. The lowest BCUT2D eigenvalue weighted by molar-refractivity contribution is -0.143. The van der Waals surface area contributed by atoms with E-state index >= 15 is 0 Å². The Morgan fingerprint density at radius 1 is 1.44 bits per heavy atom. The van der Waals surface area contributed by atoms with Crippen molar-refractivity contribution in [3.63, 3.8) is 0 Å². The lowest BCUT2D eigenvalue weighted by Crippen LogP contribution is -2.20. The van der Waals surface area contributed by atoms with Crippen molar-refractivity contribution in [1.29, 1.82) is 5.26 Å². The molecule has 1 fully saturated rings. The average molecular weight is 230 g/mol. The van der Waals surface area contributed by atoms with Crippen LogP contribution in [0.5, 0.6) is 0 Å². The van der Waals surface area contributed by atoms with Crippen LogP contribution in [0, 0.1) is 11.3 Å². The average Bonchev–Trinajstić information content (AvgIpc) is 2.91. The number of aromatic nitrogens is 3. The van der Waals surface area contributed by atoms with Gasteiger partial charge in [0.2, 0.25) is 0 Å². The number of nitriles is 1. The standard InChI is InChI=1S/C9H9F3N4/c10-9(11,12)5-16-8(6-1-2-6)7(3-4-13)14-15-16/h6H,1-3,5H2. The molecule has 1 aromatic rings. The van der Waals surface area contributed by atoms with Gasteiger partial charge in [-0.15, -0.1) is 5.10 Å². The van der Waals surface area contributed by atoms with Crippen LogP contribution in [0.15, 0.2) is 0 Å². The molecule has 16 heavy (non-hydrogen) atoms. The van der Waals surface area contributed by atoms with E-state index in [2.05, 4.69) is 10.3 Å². The van der Waals surface area contributed by atoms with Crippen LogP contribution in [-0.2, 0) is 13.0 Å². The van der Waals surface area contributed by atoms with E-state index in [1.165, 1.54) is 0 Å². The minimum Gasteiger partial charge on any atom is -0.240 e. The van der Waals surface area contributed by atoms with Crippen molar-refractivity contribution in [3.8, 4) is 6.07 Å². The van der Waals surface area contributed by atoms with Crippen molar-refractivity contribution in [1.82, 2.24) is 15.0 Å². The molecule has 0 aromatic carbocycles. The summed E-state index contributed by atoms with van der Waals surface area (Å²) in [5.74, 6) is 0.0979. The van der Waals surface area contributed by atoms with Crippen molar-refractivity contribution in [2.45, 2.75) is 37.9 Å². The van der Waals surface area contributed by atoms with Gasteiger partial charge in [0, 0.05) is 5.92 Å². The number of alkyl halides is 3. The zero-order valence-corrected chi connectivity index (χ0v) is 8.33. The molecule has 0 bridgehead atoms. The van der Waals surface area contributed by atoms with Crippen molar-refractivity contribution in [2.75, 3.05) is 0 Å². The Morgan fingerprint density at radius 2 is 2.12 bits per heavy atom. The Morgan fingerprint density at radius 3 is 2.62 bits per heavy atom. The molecule has 0 atom stereocenters. The Kier molecular flexibility index (Phi) is 2.58. The molecule has 1 heterocycles. The van der Waals surface area contributed by atoms with E-state index in [9.17, 15) is 13.2 Å². The van der Waals surface area contributed by atoms with Gasteiger partial charge in [0.15, 0.2) is 0 Å². The molecule has 4 nitrogen and oxygen atoms in total. The SMILES string of the molecule is N#CCc1nnn(CC(F)(F)F)c1C1CC1. The highest BCUT2D eigenvalue weighted by molar-refractivity contribution is 5.22. The van der Waals surface area contributed by atoms with Gasteiger partial charge in [-0.1, -0.05) is 5.21 Å². The van der Waals surface area contributed by atoms with Crippen LogP contribution < -0.4 is 0 Å². The van der Waals surface area contributed by atoms with E-state index in [0.717, 1.165) is 17.5 Å². The predicted octanol–water partition coefficient (Wildman–Crippen LogP) is 1.78. The van der Waals surface area contributed by atoms with E-state index in [0.29, 0.717) is 11.4 Å². The maximum absolute atomic E-state index is 12.2. The number of hydrogen-bond acceptors (Lipinski definition) is 3. The molecule has 0 aliphatic heterocycles. The second-order valence-corrected chi connectivity index (χ2v) is 3.80. The maximum Gasteiger partial charge on any atom is 0.408 e. The summed E-state index contributed by atoms with van der Waals surface area (Å²) in [6.07, 6.45) is -2.59. The maximum atomic E-state index is 12.2. The Bertz CT molecular complexity index is 425. The number of rotatable bonds is 3. The van der Waals surface area contributed by atoms with Crippen LogP contribution in [0.3, 0.4) is 0 Å². The largest absolute Gasteiger partial charge is 0.408 e. The summed E-state index contributed by atoms with van der Waals surface area (Å²) in [4.78, 5) is 0. The smallest absolute Gasteiger partial charge is 0.240 e. The quantitative estimate of drug-likeness (QED) is 0.795. The fourth-order valence-electron chi connectivity index (χ4n) is 1.65. The second-order valence-electron chi connectivity index (χ2n) is 3.80. The van der Waals surface area contributed by atoms with Crippen LogP contribution in [0.1, 0.15) is 30.1 Å². The van der Waals surface area contributed by atoms with Gasteiger partial charge in [0.1, 0.15) is 12.2 Å². The topological polar surface area (TPSA) is 54.5 Å². The lowest BCUT2D eigenvalue weighted by Gasteiger charge is -2.08. The van der Waals surface area contributed by atoms with Gasteiger partial charge in [-0.3, -0.25) is 0 Å². The third kappa shape index (κ3) is 2.32. The molecule has 0 saturated heterocycles. The van der Waals surface area contributed by atoms with E-state index in [1.807, 2.05) is 6.07 Å². The summed E-state index contributed by atoms with van der Waals surface area (Å²) < 4.78 is 37.6. The summed E-state index contributed by atoms with van der Waals surface area (Å²) in [7, 11) is 0. The molecule has 0 N–H and O–H groups in total. The van der Waals surface area contributed by atoms with Crippen LogP contribution in [0.25, 0.3) is 0 Å². The van der Waals surface area contributed by atoms with Crippen LogP contribution in [0.2, 0.25) is 0 Å². The highest BCUT2D eigenvalue weighted by Gasteiger charge is 2.35. The number of halogens is 3. The first-order valence-corrected chi connectivity index (χ1v) is 4.87.